The van der Waals surface area contributed by atoms with Gasteiger partial charge >= 0.3 is 0 Å². The molecule has 0 saturated carbocycles. The third-order valence-electron chi connectivity index (χ3n) is 7.53. The van der Waals surface area contributed by atoms with Gasteiger partial charge in [-0.15, -0.1) is 12.4 Å². The summed E-state index contributed by atoms with van der Waals surface area (Å²) in [6.07, 6.45) is 2.43. The number of benzene rings is 2. The van der Waals surface area contributed by atoms with Gasteiger partial charge in [0, 0.05) is 45.3 Å². The summed E-state index contributed by atoms with van der Waals surface area (Å²) in [6.45, 7) is 7.61. The van der Waals surface area contributed by atoms with E-state index in [0.29, 0.717) is 53.4 Å². The fraction of sp³-hybridized carbons (Fsp3) is 0.517. The Morgan fingerprint density at radius 1 is 1.05 bits per heavy atom. The molecule has 0 bridgehead atoms. The minimum absolute atomic E-state index is 0. The van der Waals surface area contributed by atoms with Crippen molar-refractivity contribution < 1.29 is 22.7 Å². The number of nitrogens with zero attached hydrogens (tertiary/aromatic N) is 4. The predicted octanol–water partition coefficient (Wildman–Crippen LogP) is 3.51. The Morgan fingerprint density at radius 2 is 1.75 bits per heavy atom. The summed E-state index contributed by atoms with van der Waals surface area (Å²) < 4.78 is 40.1. The number of rotatable bonds is 9. The van der Waals surface area contributed by atoms with Crippen molar-refractivity contribution in [1.82, 2.24) is 14.1 Å². The number of halogens is 1. The number of nitriles is 1. The summed E-state index contributed by atoms with van der Waals surface area (Å²) in [5, 5.41) is 9.11. The standard InChI is InChI=1S/C29H38N4O5S.ClH/c1-22-15-27(37-3)16-23(2)29(22)39(35,36)33-10-5-4-9-26(33)20-38-21-28(34)32-13-11-31(12-14-32)19-25-8-6-7-24(17-25)18-30;/h6-8,15-17,26H,4-5,9-14,19-21H2,1-3H3;1H. The number of amides is 1. The third kappa shape index (κ3) is 7.53. The molecule has 2 aliphatic heterocycles. The summed E-state index contributed by atoms with van der Waals surface area (Å²) in [4.78, 5) is 17.2. The van der Waals surface area contributed by atoms with E-state index in [1.54, 1.807) is 43.5 Å². The lowest BCUT2D eigenvalue weighted by atomic mass is 10.1. The van der Waals surface area contributed by atoms with Gasteiger partial charge < -0.3 is 14.4 Å². The second-order valence-electron chi connectivity index (χ2n) is 10.3. The van der Waals surface area contributed by atoms with Crippen molar-refractivity contribution >= 4 is 28.3 Å². The van der Waals surface area contributed by atoms with Crippen LogP contribution in [0.1, 0.15) is 41.5 Å². The molecule has 0 N–H and O–H groups in total. The Labute approximate surface area is 244 Å². The Morgan fingerprint density at radius 3 is 2.40 bits per heavy atom. The van der Waals surface area contributed by atoms with E-state index in [2.05, 4.69) is 11.0 Å². The summed E-state index contributed by atoms with van der Waals surface area (Å²) in [5.74, 6) is 0.559. The molecule has 2 heterocycles. The Balaban J connectivity index is 0.00000441. The predicted molar refractivity (Wildman–Crippen MR) is 155 cm³/mol. The molecule has 4 rings (SSSR count). The van der Waals surface area contributed by atoms with Crippen LogP contribution in [0.4, 0.5) is 0 Å². The number of aryl methyl sites for hydroxylation is 2. The first-order chi connectivity index (χ1) is 18.7. The van der Waals surface area contributed by atoms with Crippen LogP contribution in [0.25, 0.3) is 0 Å². The van der Waals surface area contributed by atoms with E-state index in [1.807, 2.05) is 23.1 Å². The van der Waals surface area contributed by atoms with Crippen molar-refractivity contribution in [2.24, 2.45) is 0 Å². The summed E-state index contributed by atoms with van der Waals surface area (Å²) >= 11 is 0. The Kier molecular flexibility index (Phi) is 11.4. The fourth-order valence-corrected chi connectivity index (χ4v) is 7.63. The first-order valence-electron chi connectivity index (χ1n) is 13.5. The van der Waals surface area contributed by atoms with Crippen molar-refractivity contribution in [1.29, 1.82) is 5.26 Å². The molecule has 2 saturated heterocycles. The number of piperazine rings is 1. The minimum atomic E-state index is -3.73. The number of ether oxygens (including phenoxy) is 2. The van der Waals surface area contributed by atoms with Crippen LogP contribution in [0, 0.1) is 25.2 Å². The molecule has 40 heavy (non-hydrogen) atoms. The van der Waals surface area contributed by atoms with Gasteiger partial charge in [-0.2, -0.15) is 9.57 Å². The number of methoxy groups -OCH3 is 1. The largest absolute Gasteiger partial charge is 0.497 e. The zero-order valence-corrected chi connectivity index (χ0v) is 25.1. The highest BCUT2D eigenvalue weighted by Gasteiger charge is 2.36. The molecule has 0 radical (unpaired) electrons. The van der Waals surface area contributed by atoms with Crippen molar-refractivity contribution in [3.05, 3.63) is 58.7 Å². The van der Waals surface area contributed by atoms with Crippen LogP contribution >= 0.6 is 12.4 Å². The van der Waals surface area contributed by atoms with Gasteiger partial charge in [-0.05, 0) is 67.6 Å². The molecular formula is C29H39ClN4O5S. The SMILES string of the molecule is COc1cc(C)c(S(=O)(=O)N2CCCCC2COCC(=O)N2CCN(Cc3cccc(C#N)c3)CC2)c(C)c1.Cl. The zero-order chi connectivity index (χ0) is 28.0. The monoisotopic (exact) mass is 590 g/mol. The van der Waals surface area contributed by atoms with Crippen LogP contribution in [-0.2, 0) is 26.1 Å². The highest BCUT2D eigenvalue weighted by molar-refractivity contribution is 7.89. The number of hydrogen-bond donors (Lipinski definition) is 0. The molecule has 0 aromatic heterocycles. The lowest BCUT2D eigenvalue weighted by Crippen LogP contribution is -2.50. The molecule has 2 aromatic carbocycles. The third-order valence-corrected chi connectivity index (χ3v) is 9.79. The smallest absolute Gasteiger partial charge is 0.248 e. The molecule has 218 valence electrons. The highest BCUT2D eigenvalue weighted by atomic mass is 35.5. The molecule has 0 aliphatic carbocycles. The molecule has 1 amide bonds. The average molecular weight is 591 g/mol. The second-order valence-corrected chi connectivity index (χ2v) is 12.2. The number of hydrogen-bond acceptors (Lipinski definition) is 7. The lowest BCUT2D eigenvalue weighted by Gasteiger charge is -2.36. The van der Waals surface area contributed by atoms with Gasteiger partial charge in [0.2, 0.25) is 15.9 Å². The molecule has 1 unspecified atom stereocenters. The fourth-order valence-electron chi connectivity index (χ4n) is 5.54. The van der Waals surface area contributed by atoms with Gasteiger partial charge in [0.1, 0.15) is 12.4 Å². The van der Waals surface area contributed by atoms with Crippen molar-refractivity contribution in [2.45, 2.75) is 50.6 Å². The van der Waals surface area contributed by atoms with Crippen molar-refractivity contribution in [2.75, 3.05) is 53.0 Å². The van der Waals surface area contributed by atoms with E-state index >= 15 is 0 Å². The van der Waals surface area contributed by atoms with Gasteiger partial charge in [0.15, 0.2) is 0 Å². The number of carbonyl (C=O) groups excluding carboxylic acids is 1. The quantitative estimate of drug-likeness (QED) is 0.440. The first-order valence-corrected chi connectivity index (χ1v) is 14.9. The average Bonchev–Trinajstić information content (AvgIpc) is 2.93. The number of sulfonamides is 1. The van der Waals surface area contributed by atoms with E-state index in [-0.39, 0.29) is 37.6 Å². The minimum Gasteiger partial charge on any atom is -0.497 e. The van der Waals surface area contributed by atoms with E-state index in [1.165, 1.54) is 0 Å². The molecule has 0 spiro atoms. The molecule has 2 fully saturated rings. The second kappa shape index (κ2) is 14.3. The molecule has 9 nitrogen and oxygen atoms in total. The Hall–Kier alpha value is -2.68. The highest BCUT2D eigenvalue weighted by Crippen LogP contribution is 2.32. The van der Waals surface area contributed by atoms with Gasteiger partial charge in [-0.1, -0.05) is 18.6 Å². The van der Waals surface area contributed by atoms with Crippen LogP contribution < -0.4 is 4.74 Å². The topological polar surface area (TPSA) is 103 Å². The maximum atomic E-state index is 13.7. The molecular weight excluding hydrogens is 552 g/mol. The van der Waals surface area contributed by atoms with Crippen LogP contribution in [-0.4, -0.2) is 87.5 Å². The first kappa shape index (κ1) is 31.8. The normalized spacial score (nSPS) is 18.6. The summed E-state index contributed by atoms with van der Waals surface area (Å²) in [6, 6.07) is 13.0. The van der Waals surface area contributed by atoms with E-state index in [4.69, 9.17) is 14.7 Å². The number of piperidine rings is 1. The van der Waals surface area contributed by atoms with Gasteiger partial charge in [0.05, 0.1) is 30.2 Å². The molecule has 2 aromatic rings. The summed E-state index contributed by atoms with van der Waals surface area (Å²) in [5.41, 5.74) is 3.05. The maximum Gasteiger partial charge on any atom is 0.248 e. The van der Waals surface area contributed by atoms with E-state index in [9.17, 15) is 13.2 Å². The zero-order valence-electron chi connectivity index (χ0n) is 23.5. The van der Waals surface area contributed by atoms with Crippen LogP contribution in [0.3, 0.4) is 0 Å². The van der Waals surface area contributed by atoms with Crippen molar-refractivity contribution in [3.8, 4) is 11.8 Å². The number of carbonyl (C=O) groups is 1. The van der Waals surface area contributed by atoms with Gasteiger partial charge in [-0.3, -0.25) is 9.69 Å². The summed E-state index contributed by atoms with van der Waals surface area (Å²) in [7, 11) is -2.16. The lowest BCUT2D eigenvalue weighted by molar-refractivity contribution is -0.138. The van der Waals surface area contributed by atoms with Gasteiger partial charge in [0.25, 0.3) is 0 Å². The Bertz CT molecular complexity index is 1300. The van der Waals surface area contributed by atoms with E-state index < -0.39 is 10.0 Å². The maximum absolute atomic E-state index is 13.7. The molecule has 2 aliphatic rings. The van der Waals surface area contributed by atoms with Gasteiger partial charge in [-0.25, -0.2) is 8.42 Å². The molecule has 1 atom stereocenters. The van der Waals surface area contributed by atoms with Crippen LogP contribution in [0.15, 0.2) is 41.3 Å². The molecule has 11 heteroatoms. The van der Waals surface area contributed by atoms with Crippen molar-refractivity contribution in [3.63, 3.8) is 0 Å². The van der Waals surface area contributed by atoms with Crippen LogP contribution in [0.5, 0.6) is 5.75 Å². The van der Waals surface area contributed by atoms with E-state index in [0.717, 1.165) is 38.0 Å². The van der Waals surface area contributed by atoms with Crippen LogP contribution in [0.2, 0.25) is 0 Å².